The van der Waals surface area contributed by atoms with Crippen LogP contribution in [0.3, 0.4) is 0 Å². The Labute approximate surface area is 177 Å². The first kappa shape index (κ1) is 21.5. The lowest BCUT2D eigenvalue weighted by molar-refractivity contribution is -0.116. The number of benzene rings is 3. The van der Waals surface area contributed by atoms with Crippen molar-refractivity contribution in [3.8, 4) is 5.75 Å². The van der Waals surface area contributed by atoms with Crippen LogP contribution >= 0.6 is 0 Å². The number of rotatable bonds is 7. The standard InChI is InChI=1S/C23H24N2O4S/c1-25(2)30(27,28)21-16-19(14-15-20(21)29-3)24-23(26)22(17-10-6-4-7-11-17)18-12-8-5-9-13-18/h4-16,22H,1-3H3,(H,24,26). The van der Waals surface area contributed by atoms with Gasteiger partial charge in [0.1, 0.15) is 10.6 Å². The van der Waals surface area contributed by atoms with E-state index < -0.39 is 15.9 Å². The highest BCUT2D eigenvalue weighted by Crippen LogP contribution is 2.31. The zero-order chi connectivity index (χ0) is 21.7. The lowest BCUT2D eigenvalue weighted by atomic mass is 9.90. The number of carbonyl (C=O) groups excluding carboxylic acids is 1. The van der Waals surface area contributed by atoms with Crippen molar-refractivity contribution < 1.29 is 17.9 Å². The first-order valence-corrected chi connectivity index (χ1v) is 10.8. The Kier molecular flexibility index (Phi) is 6.54. The number of amides is 1. The fourth-order valence-corrected chi connectivity index (χ4v) is 4.23. The summed E-state index contributed by atoms with van der Waals surface area (Å²) in [5, 5.41) is 2.86. The normalized spacial score (nSPS) is 11.5. The molecule has 7 heteroatoms. The average molecular weight is 425 g/mol. The molecule has 0 heterocycles. The summed E-state index contributed by atoms with van der Waals surface area (Å²) in [7, 11) is 0.551. The molecule has 6 nitrogen and oxygen atoms in total. The molecule has 0 atom stereocenters. The quantitative estimate of drug-likeness (QED) is 0.627. The first-order chi connectivity index (χ1) is 14.3. The smallest absolute Gasteiger partial charge is 0.246 e. The molecule has 1 amide bonds. The maximum Gasteiger partial charge on any atom is 0.246 e. The van der Waals surface area contributed by atoms with Crippen LogP contribution in [0.4, 0.5) is 5.69 Å². The maximum absolute atomic E-state index is 13.3. The van der Waals surface area contributed by atoms with Crippen molar-refractivity contribution in [2.45, 2.75) is 10.8 Å². The highest BCUT2D eigenvalue weighted by molar-refractivity contribution is 7.89. The van der Waals surface area contributed by atoms with Gasteiger partial charge in [-0.2, -0.15) is 0 Å². The number of anilines is 1. The molecular weight excluding hydrogens is 400 g/mol. The Bertz CT molecular complexity index is 1070. The number of ether oxygens (including phenoxy) is 1. The van der Waals surface area contributed by atoms with Crippen LogP contribution in [-0.4, -0.2) is 39.8 Å². The van der Waals surface area contributed by atoms with Gasteiger partial charge in [-0.1, -0.05) is 60.7 Å². The van der Waals surface area contributed by atoms with Gasteiger partial charge >= 0.3 is 0 Å². The predicted molar refractivity (Wildman–Crippen MR) is 117 cm³/mol. The van der Waals surface area contributed by atoms with Crippen LogP contribution in [0, 0.1) is 0 Å². The van der Waals surface area contributed by atoms with Gasteiger partial charge in [-0.3, -0.25) is 4.79 Å². The average Bonchev–Trinajstić information content (AvgIpc) is 2.75. The Morgan fingerprint density at radius 1 is 0.900 bits per heavy atom. The monoisotopic (exact) mass is 424 g/mol. The molecule has 0 bridgehead atoms. The maximum atomic E-state index is 13.3. The van der Waals surface area contributed by atoms with Gasteiger partial charge in [0.15, 0.2) is 0 Å². The van der Waals surface area contributed by atoms with Crippen LogP contribution in [0.25, 0.3) is 0 Å². The molecule has 30 heavy (non-hydrogen) atoms. The molecule has 0 aromatic heterocycles. The van der Waals surface area contributed by atoms with Crippen LogP contribution in [0.15, 0.2) is 83.8 Å². The van der Waals surface area contributed by atoms with E-state index in [1.54, 1.807) is 6.07 Å². The molecule has 1 N–H and O–H groups in total. The fraction of sp³-hybridized carbons (Fsp3) is 0.174. The summed E-state index contributed by atoms with van der Waals surface area (Å²) >= 11 is 0. The summed E-state index contributed by atoms with van der Waals surface area (Å²) in [4.78, 5) is 13.3. The second-order valence-electron chi connectivity index (χ2n) is 6.90. The van der Waals surface area contributed by atoms with Crippen molar-refractivity contribution >= 4 is 21.6 Å². The van der Waals surface area contributed by atoms with E-state index in [0.717, 1.165) is 15.4 Å². The minimum absolute atomic E-state index is 0.0104. The first-order valence-electron chi connectivity index (χ1n) is 9.36. The van der Waals surface area contributed by atoms with Gasteiger partial charge in [0.25, 0.3) is 0 Å². The number of sulfonamides is 1. The molecule has 0 saturated heterocycles. The van der Waals surface area contributed by atoms with Crippen LogP contribution in [0.1, 0.15) is 17.0 Å². The van der Waals surface area contributed by atoms with E-state index in [4.69, 9.17) is 4.74 Å². The zero-order valence-electron chi connectivity index (χ0n) is 17.1. The Balaban J connectivity index is 1.99. The van der Waals surface area contributed by atoms with E-state index in [1.165, 1.54) is 33.3 Å². The van der Waals surface area contributed by atoms with E-state index in [-0.39, 0.29) is 16.6 Å². The summed E-state index contributed by atoms with van der Waals surface area (Å²) in [6.07, 6.45) is 0. The SMILES string of the molecule is COc1ccc(NC(=O)C(c2ccccc2)c2ccccc2)cc1S(=O)(=O)N(C)C. The third kappa shape index (κ3) is 4.53. The van der Waals surface area contributed by atoms with Gasteiger partial charge in [-0.05, 0) is 29.3 Å². The number of methoxy groups -OCH3 is 1. The Hall–Kier alpha value is -3.16. The summed E-state index contributed by atoms with van der Waals surface area (Å²) in [6.45, 7) is 0. The van der Waals surface area contributed by atoms with Crippen molar-refractivity contribution in [2.75, 3.05) is 26.5 Å². The van der Waals surface area contributed by atoms with E-state index in [2.05, 4.69) is 5.32 Å². The van der Waals surface area contributed by atoms with E-state index >= 15 is 0 Å². The molecule has 0 aliphatic rings. The van der Waals surface area contributed by atoms with Crippen molar-refractivity contribution in [3.63, 3.8) is 0 Å². The minimum atomic E-state index is -3.75. The molecule has 0 fully saturated rings. The van der Waals surface area contributed by atoms with Crippen LogP contribution in [-0.2, 0) is 14.8 Å². The van der Waals surface area contributed by atoms with Gasteiger partial charge in [-0.15, -0.1) is 0 Å². The third-order valence-corrected chi connectivity index (χ3v) is 6.55. The van der Waals surface area contributed by atoms with E-state index in [0.29, 0.717) is 5.69 Å². The summed E-state index contributed by atoms with van der Waals surface area (Å²) < 4.78 is 31.6. The molecular formula is C23H24N2O4S. The number of nitrogens with one attached hydrogen (secondary N) is 1. The predicted octanol–water partition coefficient (Wildman–Crippen LogP) is 3.72. The Morgan fingerprint density at radius 2 is 1.43 bits per heavy atom. The lowest BCUT2D eigenvalue weighted by Crippen LogP contribution is -2.24. The van der Waals surface area contributed by atoms with Crippen LogP contribution in [0.2, 0.25) is 0 Å². The van der Waals surface area contributed by atoms with E-state index in [1.807, 2.05) is 60.7 Å². The molecule has 0 spiro atoms. The molecule has 156 valence electrons. The summed E-state index contributed by atoms with van der Waals surface area (Å²) in [5.74, 6) is -0.585. The summed E-state index contributed by atoms with van der Waals surface area (Å²) in [5.41, 5.74) is 2.06. The van der Waals surface area contributed by atoms with Crippen molar-refractivity contribution in [1.82, 2.24) is 4.31 Å². The van der Waals surface area contributed by atoms with E-state index in [9.17, 15) is 13.2 Å². The molecule has 0 radical (unpaired) electrons. The molecule has 3 rings (SSSR count). The fourth-order valence-electron chi connectivity index (χ4n) is 3.15. The van der Waals surface area contributed by atoms with Gasteiger partial charge in [0.2, 0.25) is 15.9 Å². The highest BCUT2D eigenvalue weighted by Gasteiger charge is 2.25. The molecule has 0 aliphatic heterocycles. The molecule has 0 aliphatic carbocycles. The van der Waals surface area contributed by atoms with Crippen molar-refractivity contribution in [2.24, 2.45) is 0 Å². The highest BCUT2D eigenvalue weighted by atomic mass is 32.2. The molecule has 3 aromatic rings. The zero-order valence-corrected chi connectivity index (χ0v) is 17.9. The molecule has 3 aromatic carbocycles. The molecule has 0 saturated carbocycles. The van der Waals surface area contributed by atoms with Gasteiger partial charge in [-0.25, -0.2) is 12.7 Å². The van der Waals surface area contributed by atoms with Gasteiger partial charge in [0, 0.05) is 19.8 Å². The van der Waals surface area contributed by atoms with Gasteiger partial charge in [0.05, 0.1) is 13.0 Å². The summed E-state index contributed by atoms with van der Waals surface area (Å²) in [6, 6.07) is 23.5. The number of nitrogens with zero attached hydrogens (tertiary/aromatic N) is 1. The van der Waals surface area contributed by atoms with Gasteiger partial charge < -0.3 is 10.1 Å². The van der Waals surface area contributed by atoms with Crippen LogP contribution in [0.5, 0.6) is 5.75 Å². The Morgan fingerprint density at radius 3 is 1.90 bits per heavy atom. The topological polar surface area (TPSA) is 75.7 Å². The third-order valence-electron chi connectivity index (χ3n) is 4.72. The van der Waals surface area contributed by atoms with Crippen molar-refractivity contribution in [3.05, 3.63) is 90.0 Å². The minimum Gasteiger partial charge on any atom is -0.495 e. The molecule has 0 unspecified atom stereocenters. The second-order valence-corrected chi connectivity index (χ2v) is 9.02. The number of hydrogen-bond acceptors (Lipinski definition) is 4. The number of carbonyl (C=O) groups is 1. The lowest BCUT2D eigenvalue weighted by Gasteiger charge is -2.19. The number of hydrogen-bond donors (Lipinski definition) is 1. The van der Waals surface area contributed by atoms with Crippen molar-refractivity contribution in [1.29, 1.82) is 0 Å². The second kappa shape index (κ2) is 9.11. The van der Waals surface area contributed by atoms with Crippen LogP contribution < -0.4 is 10.1 Å². The largest absolute Gasteiger partial charge is 0.495 e.